The zero-order valence-electron chi connectivity index (χ0n) is 9.61. The number of carbonyl (C=O) groups excluding carboxylic acids is 2. The van der Waals surface area contributed by atoms with Crippen LogP contribution < -0.4 is 11.1 Å². The molecule has 0 aromatic carbocycles. The normalized spacial score (nSPS) is 36.5. The van der Waals surface area contributed by atoms with Crippen LogP contribution >= 0.6 is 0 Å². The van der Waals surface area contributed by atoms with Crippen LogP contribution in [0.4, 0.5) is 0 Å². The monoisotopic (exact) mass is 225 g/mol. The number of hydrogen-bond acceptors (Lipinski definition) is 4. The van der Waals surface area contributed by atoms with E-state index in [-0.39, 0.29) is 17.9 Å². The molecule has 0 radical (unpaired) electrons. The molecule has 5 nitrogen and oxygen atoms in total. The summed E-state index contributed by atoms with van der Waals surface area (Å²) in [4.78, 5) is 25.0. The van der Waals surface area contributed by atoms with Crippen LogP contribution in [0.1, 0.15) is 26.2 Å². The second-order valence-corrected chi connectivity index (χ2v) is 4.75. The highest BCUT2D eigenvalue weighted by atomic mass is 16.2. The van der Waals surface area contributed by atoms with Crippen LogP contribution in [0.15, 0.2) is 0 Å². The number of carbonyl (C=O) groups is 2. The minimum absolute atomic E-state index is 0.182. The summed E-state index contributed by atoms with van der Waals surface area (Å²) in [5.74, 6) is 0.0610. The molecule has 1 saturated heterocycles. The van der Waals surface area contributed by atoms with Crippen molar-refractivity contribution in [1.82, 2.24) is 10.2 Å². The topological polar surface area (TPSA) is 75.4 Å². The van der Waals surface area contributed by atoms with Crippen LogP contribution in [0.5, 0.6) is 0 Å². The first kappa shape index (κ1) is 11.5. The SMILES string of the molecule is CC1C(=O)NC(=O)CN1C1CCCC1CN. The van der Waals surface area contributed by atoms with Gasteiger partial charge in [-0.1, -0.05) is 6.42 Å². The van der Waals surface area contributed by atoms with Gasteiger partial charge in [-0.3, -0.25) is 19.8 Å². The van der Waals surface area contributed by atoms with Gasteiger partial charge >= 0.3 is 0 Å². The summed E-state index contributed by atoms with van der Waals surface area (Å²) in [6, 6.07) is 0.0878. The molecule has 0 bridgehead atoms. The molecule has 1 aliphatic carbocycles. The van der Waals surface area contributed by atoms with E-state index in [2.05, 4.69) is 5.32 Å². The molecule has 5 heteroatoms. The Morgan fingerprint density at radius 2 is 2.19 bits per heavy atom. The van der Waals surface area contributed by atoms with Crippen LogP contribution in [-0.2, 0) is 9.59 Å². The molecule has 1 heterocycles. The van der Waals surface area contributed by atoms with Crippen molar-refractivity contribution in [2.24, 2.45) is 11.7 Å². The lowest BCUT2D eigenvalue weighted by atomic mass is 9.99. The van der Waals surface area contributed by atoms with Crippen molar-refractivity contribution in [2.45, 2.75) is 38.3 Å². The molecule has 3 unspecified atom stereocenters. The second-order valence-electron chi connectivity index (χ2n) is 4.75. The predicted molar refractivity (Wildman–Crippen MR) is 59.5 cm³/mol. The lowest BCUT2D eigenvalue weighted by Crippen LogP contribution is -2.60. The number of amides is 2. The summed E-state index contributed by atoms with van der Waals surface area (Å²) in [6.45, 7) is 2.82. The van der Waals surface area contributed by atoms with Crippen molar-refractivity contribution in [3.63, 3.8) is 0 Å². The quantitative estimate of drug-likeness (QED) is 0.619. The van der Waals surface area contributed by atoms with Crippen molar-refractivity contribution in [2.75, 3.05) is 13.1 Å². The Bertz CT molecular complexity index is 306. The Kier molecular flexibility index (Phi) is 3.25. The fraction of sp³-hybridized carbons (Fsp3) is 0.818. The molecule has 0 spiro atoms. The summed E-state index contributed by atoms with van der Waals surface area (Å²) < 4.78 is 0. The maximum absolute atomic E-state index is 11.6. The number of hydrogen-bond donors (Lipinski definition) is 2. The van der Waals surface area contributed by atoms with Gasteiger partial charge in [0.25, 0.3) is 0 Å². The molecular weight excluding hydrogens is 206 g/mol. The molecule has 2 amide bonds. The third-order valence-electron chi connectivity index (χ3n) is 3.81. The number of nitrogens with zero attached hydrogens (tertiary/aromatic N) is 1. The Morgan fingerprint density at radius 1 is 1.44 bits per heavy atom. The van der Waals surface area contributed by atoms with E-state index in [0.717, 1.165) is 19.3 Å². The third-order valence-corrected chi connectivity index (χ3v) is 3.81. The van der Waals surface area contributed by atoms with E-state index in [4.69, 9.17) is 5.73 Å². The van der Waals surface area contributed by atoms with E-state index in [1.165, 1.54) is 0 Å². The third kappa shape index (κ3) is 1.97. The number of nitrogens with one attached hydrogen (secondary N) is 1. The second kappa shape index (κ2) is 4.51. The first-order chi connectivity index (χ1) is 7.63. The van der Waals surface area contributed by atoms with Crippen molar-refractivity contribution in [1.29, 1.82) is 0 Å². The summed E-state index contributed by atoms with van der Waals surface area (Å²) >= 11 is 0. The average molecular weight is 225 g/mol. The lowest BCUT2D eigenvalue weighted by molar-refractivity contribution is -0.141. The summed E-state index contributed by atoms with van der Waals surface area (Å²) in [5, 5.41) is 2.36. The van der Waals surface area contributed by atoms with Crippen molar-refractivity contribution in [3.05, 3.63) is 0 Å². The average Bonchev–Trinajstić information content (AvgIpc) is 2.71. The maximum atomic E-state index is 11.6. The molecule has 1 saturated carbocycles. The lowest BCUT2D eigenvalue weighted by Gasteiger charge is -2.38. The maximum Gasteiger partial charge on any atom is 0.243 e. The standard InChI is InChI=1S/C11H19N3O2/c1-7-11(16)13-10(15)6-14(7)9-4-2-3-8(9)5-12/h7-9H,2-6,12H2,1H3,(H,13,15,16). The van der Waals surface area contributed by atoms with Crippen molar-refractivity contribution in [3.8, 4) is 0 Å². The van der Waals surface area contributed by atoms with Gasteiger partial charge in [0.05, 0.1) is 12.6 Å². The highest BCUT2D eigenvalue weighted by Gasteiger charge is 2.39. The fourth-order valence-electron chi connectivity index (χ4n) is 2.87. The van der Waals surface area contributed by atoms with E-state index >= 15 is 0 Å². The Labute approximate surface area is 95.3 Å². The van der Waals surface area contributed by atoms with Gasteiger partial charge in [0.1, 0.15) is 0 Å². The highest BCUT2D eigenvalue weighted by molar-refractivity contribution is 6.00. The molecule has 3 N–H and O–H groups in total. The van der Waals surface area contributed by atoms with E-state index in [0.29, 0.717) is 25.0 Å². The van der Waals surface area contributed by atoms with Gasteiger partial charge in [0.2, 0.25) is 11.8 Å². The fourth-order valence-corrected chi connectivity index (χ4v) is 2.87. The molecular formula is C11H19N3O2. The first-order valence-corrected chi connectivity index (χ1v) is 5.93. The van der Waals surface area contributed by atoms with Gasteiger partial charge in [-0.05, 0) is 32.2 Å². The van der Waals surface area contributed by atoms with Crippen molar-refractivity contribution >= 4 is 11.8 Å². The van der Waals surface area contributed by atoms with Gasteiger partial charge in [-0.25, -0.2) is 0 Å². The number of piperazine rings is 1. The van der Waals surface area contributed by atoms with Gasteiger partial charge in [-0.15, -0.1) is 0 Å². The molecule has 3 atom stereocenters. The number of imide groups is 1. The molecule has 2 aliphatic rings. The highest BCUT2D eigenvalue weighted by Crippen LogP contribution is 2.31. The molecule has 0 aromatic heterocycles. The van der Waals surface area contributed by atoms with E-state index < -0.39 is 0 Å². The zero-order chi connectivity index (χ0) is 11.7. The van der Waals surface area contributed by atoms with Crippen LogP contribution in [0.3, 0.4) is 0 Å². The first-order valence-electron chi connectivity index (χ1n) is 5.93. The zero-order valence-corrected chi connectivity index (χ0v) is 9.61. The van der Waals surface area contributed by atoms with Gasteiger partial charge in [0, 0.05) is 6.04 Å². The molecule has 0 aromatic rings. The minimum atomic E-state index is -0.213. The van der Waals surface area contributed by atoms with E-state index in [1.54, 1.807) is 0 Å². The number of nitrogens with two attached hydrogens (primary N) is 1. The smallest absolute Gasteiger partial charge is 0.243 e. The summed E-state index contributed by atoms with van der Waals surface area (Å²) in [5.41, 5.74) is 5.73. The van der Waals surface area contributed by atoms with Crippen LogP contribution in [0.2, 0.25) is 0 Å². The van der Waals surface area contributed by atoms with Crippen LogP contribution in [0.25, 0.3) is 0 Å². The molecule has 16 heavy (non-hydrogen) atoms. The van der Waals surface area contributed by atoms with Crippen molar-refractivity contribution < 1.29 is 9.59 Å². The van der Waals surface area contributed by atoms with E-state index in [1.807, 2.05) is 11.8 Å². The molecule has 1 aliphatic heterocycles. The number of rotatable bonds is 2. The van der Waals surface area contributed by atoms with Gasteiger partial charge < -0.3 is 5.73 Å². The predicted octanol–water partition coefficient (Wildman–Crippen LogP) is -0.539. The molecule has 2 rings (SSSR count). The van der Waals surface area contributed by atoms with Gasteiger partial charge in [0.15, 0.2) is 0 Å². The Morgan fingerprint density at radius 3 is 2.88 bits per heavy atom. The molecule has 2 fully saturated rings. The van der Waals surface area contributed by atoms with Crippen LogP contribution in [-0.4, -0.2) is 41.9 Å². The van der Waals surface area contributed by atoms with Crippen LogP contribution in [0, 0.1) is 5.92 Å². The van der Waals surface area contributed by atoms with E-state index in [9.17, 15) is 9.59 Å². The van der Waals surface area contributed by atoms with Gasteiger partial charge in [-0.2, -0.15) is 0 Å². The summed E-state index contributed by atoms with van der Waals surface area (Å²) in [6.07, 6.45) is 3.30. The minimum Gasteiger partial charge on any atom is -0.330 e. The molecule has 90 valence electrons. The Balaban J connectivity index is 2.12. The largest absolute Gasteiger partial charge is 0.330 e. The Hall–Kier alpha value is -0.940. The summed E-state index contributed by atoms with van der Waals surface area (Å²) in [7, 11) is 0.